The normalized spacial score (nSPS) is 19.0. The lowest BCUT2D eigenvalue weighted by Crippen LogP contribution is -2.38. The highest BCUT2D eigenvalue weighted by atomic mass is 32.2. The molecule has 1 fully saturated rings. The maximum absolute atomic E-state index is 12.6. The van der Waals surface area contributed by atoms with E-state index in [0.29, 0.717) is 32.6 Å². The number of fused-ring (bicyclic) bond motifs is 1. The van der Waals surface area contributed by atoms with Gasteiger partial charge in [0.2, 0.25) is 15.9 Å². The molecule has 0 atom stereocenters. The quantitative estimate of drug-likeness (QED) is 0.814. The second-order valence-electron chi connectivity index (χ2n) is 7.23. The molecule has 2 heterocycles. The van der Waals surface area contributed by atoms with Gasteiger partial charge in [0.05, 0.1) is 5.75 Å². The van der Waals surface area contributed by atoms with Crippen LogP contribution >= 0.6 is 0 Å². The van der Waals surface area contributed by atoms with E-state index < -0.39 is 10.0 Å². The summed E-state index contributed by atoms with van der Waals surface area (Å²) in [6.45, 7) is 2.14. The number of benzene rings is 2. The van der Waals surface area contributed by atoms with Gasteiger partial charge in [0, 0.05) is 32.6 Å². The molecule has 0 spiro atoms. The minimum absolute atomic E-state index is 0.0351. The summed E-state index contributed by atoms with van der Waals surface area (Å²) in [5.41, 5.74) is 4.81. The molecule has 0 unspecified atom stereocenters. The smallest absolute Gasteiger partial charge is 0.224 e. The second-order valence-corrected chi connectivity index (χ2v) is 9.32. The van der Waals surface area contributed by atoms with Gasteiger partial charge in [0.25, 0.3) is 0 Å². The summed E-state index contributed by atoms with van der Waals surface area (Å²) in [7, 11) is -3.14. The van der Waals surface area contributed by atoms with E-state index in [2.05, 4.69) is 30.3 Å². The Labute approximate surface area is 160 Å². The van der Waals surface area contributed by atoms with Crippen molar-refractivity contribution in [2.24, 2.45) is 0 Å². The van der Waals surface area contributed by atoms with Gasteiger partial charge in [-0.05, 0) is 41.2 Å². The second kappa shape index (κ2) is 7.44. The summed E-state index contributed by atoms with van der Waals surface area (Å²) in [4.78, 5) is 14.5. The van der Waals surface area contributed by atoms with E-state index in [1.54, 1.807) is 0 Å². The molecule has 2 aliphatic rings. The van der Waals surface area contributed by atoms with Crippen LogP contribution in [0, 0.1) is 0 Å². The first-order chi connectivity index (χ1) is 13.0. The number of amides is 1. The number of sulfonamides is 1. The highest BCUT2D eigenvalue weighted by Crippen LogP contribution is 2.26. The first-order valence-electron chi connectivity index (χ1n) is 9.46. The number of hydrogen-bond donors (Lipinski definition) is 0. The van der Waals surface area contributed by atoms with Crippen LogP contribution in [0.1, 0.15) is 24.0 Å². The summed E-state index contributed by atoms with van der Waals surface area (Å²) < 4.78 is 25.2. The number of carbonyl (C=O) groups is 1. The van der Waals surface area contributed by atoms with Gasteiger partial charge in [-0.25, -0.2) is 12.7 Å². The van der Waals surface area contributed by atoms with Gasteiger partial charge in [-0.15, -0.1) is 0 Å². The van der Waals surface area contributed by atoms with E-state index in [1.165, 1.54) is 21.0 Å². The van der Waals surface area contributed by atoms with Crippen molar-refractivity contribution >= 4 is 15.9 Å². The Kier molecular flexibility index (Phi) is 5.02. The third kappa shape index (κ3) is 3.92. The van der Waals surface area contributed by atoms with E-state index in [9.17, 15) is 13.2 Å². The lowest BCUT2D eigenvalue weighted by molar-refractivity contribution is -0.132. The average Bonchev–Trinajstić information content (AvgIpc) is 3.04. The van der Waals surface area contributed by atoms with E-state index in [-0.39, 0.29) is 18.1 Å². The maximum atomic E-state index is 12.6. The Bertz CT molecular complexity index is 941. The molecule has 0 aliphatic carbocycles. The highest BCUT2D eigenvalue weighted by molar-refractivity contribution is 7.89. The van der Waals surface area contributed by atoms with Crippen LogP contribution in [0.3, 0.4) is 0 Å². The van der Waals surface area contributed by atoms with Crippen molar-refractivity contribution in [1.82, 2.24) is 9.21 Å². The molecule has 2 aromatic carbocycles. The fraction of sp³-hybridized carbons (Fsp3) is 0.381. The molecule has 0 bridgehead atoms. The van der Waals surface area contributed by atoms with Crippen molar-refractivity contribution in [3.8, 4) is 11.1 Å². The zero-order chi connectivity index (χ0) is 18.9. The molecular weight excluding hydrogens is 360 g/mol. The van der Waals surface area contributed by atoms with Gasteiger partial charge < -0.3 is 4.90 Å². The minimum atomic E-state index is -3.14. The molecule has 2 aliphatic heterocycles. The molecule has 27 heavy (non-hydrogen) atoms. The predicted molar refractivity (Wildman–Crippen MR) is 106 cm³/mol. The van der Waals surface area contributed by atoms with Crippen LogP contribution in [0.2, 0.25) is 0 Å². The Morgan fingerprint density at radius 1 is 0.963 bits per heavy atom. The molecule has 2 aromatic rings. The Hall–Kier alpha value is -2.18. The average molecular weight is 385 g/mol. The molecule has 0 saturated carbocycles. The zero-order valence-electron chi connectivity index (χ0n) is 15.3. The maximum Gasteiger partial charge on any atom is 0.224 e. The van der Waals surface area contributed by atoms with Crippen LogP contribution < -0.4 is 0 Å². The Morgan fingerprint density at radius 3 is 2.52 bits per heavy atom. The summed E-state index contributed by atoms with van der Waals surface area (Å²) in [5.74, 6) is 0.244. The monoisotopic (exact) mass is 384 g/mol. The predicted octanol–water partition coefficient (Wildman–Crippen LogP) is 2.66. The van der Waals surface area contributed by atoms with Crippen LogP contribution in [0.5, 0.6) is 0 Å². The van der Waals surface area contributed by atoms with Crippen LogP contribution in [0.4, 0.5) is 0 Å². The molecule has 5 nitrogen and oxygen atoms in total. The molecule has 0 N–H and O–H groups in total. The number of hydrogen-bond acceptors (Lipinski definition) is 3. The first kappa shape index (κ1) is 18.2. The molecule has 0 aromatic heterocycles. The van der Waals surface area contributed by atoms with Crippen molar-refractivity contribution in [1.29, 1.82) is 0 Å². The topological polar surface area (TPSA) is 57.7 Å². The first-order valence-corrected chi connectivity index (χ1v) is 11.1. The van der Waals surface area contributed by atoms with Crippen molar-refractivity contribution in [3.05, 3.63) is 59.7 Å². The fourth-order valence-electron chi connectivity index (χ4n) is 3.90. The van der Waals surface area contributed by atoms with Gasteiger partial charge in [-0.2, -0.15) is 0 Å². The van der Waals surface area contributed by atoms with Crippen molar-refractivity contribution in [2.45, 2.75) is 25.8 Å². The van der Waals surface area contributed by atoms with Gasteiger partial charge in [-0.3, -0.25) is 4.79 Å². The van der Waals surface area contributed by atoms with E-state index in [1.807, 2.05) is 23.1 Å². The van der Waals surface area contributed by atoms with Crippen LogP contribution in [-0.4, -0.2) is 48.9 Å². The van der Waals surface area contributed by atoms with Crippen molar-refractivity contribution < 1.29 is 13.2 Å². The van der Waals surface area contributed by atoms with Gasteiger partial charge in [0.1, 0.15) is 0 Å². The Morgan fingerprint density at radius 2 is 1.78 bits per heavy atom. The molecule has 4 rings (SSSR count). The largest absolute Gasteiger partial charge is 0.338 e. The zero-order valence-corrected chi connectivity index (χ0v) is 16.1. The van der Waals surface area contributed by atoms with Gasteiger partial charge >= 0.3 is 0 Å². The number of nitrogens with zero attached hydrogens (tertiary/aromatic N) is 2. The molecule has 1 amide bonds. The lowest BCUT2D eigenvalue weighted by atomic mass is 9.94. The SMILES string of the molecule is O=C(CCN1CCCS1(=O)=O)N1CCc2ccc(-c3ccccc3)cc2C1. The Balaban J connectivity index is 1.43. The van der Waals surface area contributed by atoms with Crippen molar-refractivity contribution in [2.75, 3.05) is 25.4 Å². The summed E-state index contributed by atoms with van der Waals surface area (Å²) in [6.07, 6.45) is 1.76. The van der Waals surface area contributed by atoms with Crippen LogP contribution in [0.25, 0.3) is 11.1 Å². The van der Waals surface area contributed by atoms with Crippen LogP contribution in [-0.2, 0) is 27.8 Å². The van der Waals surface area contributed by atoms with Crippen molar-refractivity contribution in [3.63, 3.8) is 0 Å². The highest BCUT2D eigenvalue weighted by Gasteiger charge is 2.29. The summed E-state index contributed by atoms with van der Waals surface area (Å²) >= 11 is 0. The number of rotatable bonds is 4. The fourth-order valence-corrected chi connectivity index (χ4v) is 5.43. The van der Waals surface area contributed by atoms with E-state index >= 15 is 0 Å². The van der Waals surface area contributed by atoms with Gasteiger partial charge in [-0.1, -0.05) is 42.5 Å². The van der Waals surface area contributed by atoms with E-state index in [4.69, 9.17) is 0 Å². The third-order valence-electron chi connectivity index (χ3n) is 5.46. The molecule has 142 valence electrons. The third-order valence-corrected chi connectivity index (χ3v) is 7.41. The summed E-state index contributed by atoms with van der Waals surface area (Å²) in [5, 5.41) is 0. The molecular formula is C21H24N2O3S. The molecule has 0 radical (unpaired) electrons. The molecule has 6 heteroatoms. The summed E-state index contributed by atoms with van der Waals surface area (Å²) in [6, 6.07) is 16.7. The minimum Gasteiger partial charge on any atom is -0.338 e. The van der Waals surface area contributed by atoms with Gasteiger partial charge in [0.15, 0.2) is 0 Å². The standard InChI is InChI=1S/C21H24N2O3S/c24-21(10-13-23-11-4-14-27(23,25)26)22-12-9-18-7-8-19(15-20(18)16-22)17-5-2-1-3-6-17/h1-3,5-8,15H,4,9-14,16H2. The van der Waals surface area contributed by atoms with Crippen LogP contribution in [0.15, 0.2) is 48.5 Å². The molecule has 1 saturated heterocycles. The lowest BCUT2D eigenvalue weighted by Gasteiger charge is -2.30. The van der Waals surface area contributed by atoms with E-state index in [0.717, 1.165) is 12.0 Å². The number of carbonyl (C=O) groups excluding carboxylic acids is 1.